The molecule has 5 heteroatoms. The number of nitrogens with zero attached hydrogens (tertiary/aromatic N) is 2. The van der Waals surface area contributed by atoms with Gasteiger partial charge >= 0.3 is 0 Å². The van der Waals surface area contributed by atoms with Gasteiger partial charge in [-0.05, 0) is 23.8 Å². The lowest BCUT2D eigenvalue weighted by Crippen LogP contribution is -2.11. The molecule has 3 nitrogen and oxygen atoms in total. The van der Waals surface area contributed by atoms with Crippen LogP contribution in [0.1, 0.15) is 17.4 Å². The Morgan fingerprint density at radius 2 is 1.48 bits per heavy atom. The smallest absolute Gasteiger partial charge is 0.169 e. The van der Waals surface area contributed by atoms with Crippen LogP contribution < -0.4 is 0 Å². The molecule has 42 heavy (non-hydrogen) atoms. The summed E-state index contributed by atoms with van der Waals surface area (Å²) in [6.07, 6.45) is 4.44. The van der Waals surface area contributed by atoms with Crippen LogP contribution in [0.5, 0.6) is 0 Å². The van der Waals surface area contributed by atoms with Gasteiger partial charge in [-0.2, -0.15) is 0 Å². The molecule has 2 unspecified atom stereocenters. The molecule has 2 atom stereocenters. The molecule has 0 fully saturated rings. The van der Waals surface area contributed by atoms with Gasteiger partial charge in [0, 0.05) is 42.8 Å². The molecule has 1 aliphatic carbocycles. The van der Waals surface area contributed by atoms with E-state index in [0.717, 1.165) is 33.0 Å². The molecule has 0 N–H and O–H groups in total. The molecule has 0 saturated carbocycles. The fourth-order valence-corrected chi connectivity index (χ4v) is 9.37. The van der Waals surface area contributed by atoms with Gasteiger partial charge in [-0.1, -0.05) is 115 Å². The molecule has 0 bridgehead atoms. The average Bonchev–Trinajstić information content (AvgIpc) is 3.80. The maximum atomic E-state index is 6.57. The van der Waals surface area contributed by atoms with Gasteiger partial charge in [0.1, 0.15) is 11.3 Å². The van der Waals surface area contributed by atoms with E-state index in [1.807, 2.05) is 23.1 Å². The Kier molecular flexibility index (Phi) is 4.65. The molecule has 4 heterocycles. The summed E-state index contributed by atoms with van der Waals surface area (Å²) in [5.41, 5.74) is 6.89. The molecule has 0 amide bonds. The van der Waals surface area contributed by atoms with Crippen molar-refractivity contribution in [3.63, 3.8) is 0 Å². The fraction of sp³-hybridized carbons (Fsp3) is 0.0541. The van der Waals surface area contributed by atoms with Crippen LogP contribution in [-0.2, 0) is 0 Å². The van der Waals surface area contributed by atoms with Crippen LogP contribution >= 0.6 is 23.1 Å². The minimum Gasteiger partial charge on any atom is -0.456 e. The predicted molar refractivity (Wildman–Crippen MR) is 180 cm³/mol. The summed E-state index contributed by atoms with van der Waals surface area (Å²) in [7, 11) is 0. The number of para-hydroxylation sites is 2. The van der Waals surface area contributed by atoms with Gasteiger partial charge < -0.3 is 4.42 Å². The minimum absolute atomic E-state index is 0.00454. The Balaban J connectivity index is 1.22. The van der Waals surface area contributed by atoms with E-state index in [0.29, 0.717) is 0 Å². The number of rotatable bonds is 1. The van der Waals surface area contributed by atoms with E-state index in [1.165, 1.54) is 47.5 Å². The largest absolute Gasteiger partial charge is 0.456 e. The van der Waals surface area contributed by atoms with Gasteiger partial charge in [-0.15, -0.1) is 11.3 Å². The average molecular weight is 575 g/mol. The lowest BCUT2D eigenvalue weighted by atomic mass is 9.94. The molecule has 10 rings (SSSR count). The maximum absolute atomic E-state index is 6.57. The van der Waals surface area contributed by atoms with Gasteiger partial charge in [-0.3, -0.25) is 9.56 Å². The van der Waals surface area contributed by atoms with Crippen molar-refractivity contribution in [1.82, 2.24) is 4.57 Å². The van der Waals surface area contributed by atoms with Crippen molar-refractivity contribution in [2.45, 2.75) is 11.3 Å². The van der Waals surface area contributed by atoms with Gasteiger partial charge in [-0.25, -0.2) is 0 Å². The Morgan fingerprint density at radius 3 is 2.40 bits per heavy atom. The maximum Gasteiger partial charge on any atom is 0.169 e. The number of thiophene rings is 1. The lowest BCUT2D eigenvalue weighted by molar-refractivity contribution is 0.587. The van der Waals surface area contributed by atoms with Crippen LogP contribution in [0.25, 0.3) is 70.2 Å². The highest BCUT2D eigenvalue weighted by atomic mass is 32.2. The van der Waals surface area contributed by atoms with Crippen LogP contribution in [0.15, 0.2) is 125 Å². The zero-order valence-electron chi connectivity index (χ0n) is 22.3. The second-order valence-corrected chi connectivity index (χ2v) is 13.2. The number of fused-ring (bicyclic) bond motifs is 12. The van der Waals surface area contributed by atoms with E-state index in [9.17, 15) is 0 Å². The zero-order valence-corrected chi connectivity index (χ0v) is 24.0. The van der Waals surface area contributed by atoms with E-state index in [4.69, 9.17) is 9.41 Å². The predicted octanol–water partition coefficient (Wildman–Crippen LogP) is 10.7. The number of furan rings is 1. The highest BCUT2D eigenvalue weighted by Gasteiger charge is 2.38. The van der Waals surface area contributed by atoms with Crippen molar-refractivity contribution in [3.8, 4) is 11.1 Å². The normalized spacial score (nSPS) is 18.0. The molecular weight excluding hydrogens is 553 g/mol. The summed E-state index contributed by atoms with van der Waals surface area (Å²) in [4.78, 5) is 5.52. The summed E-state index contributed by atoms with van der Waals surface area (Å²) >= 11 is 3.74. The first kappa shape index (κ1) is 23.0. The van der Waals surface area contributed by atoms with Gasteiger partial charge in [0.2, 0.25) is 0 Å². The van der Waals surface area contributed by atoms with Crippen LogP contribution in [0, 0.1) is 0 Å². The first-order valence-corrected chi connectivity index (χ1v) is 15.9. The van der Waals surface area contributed by atoms with Crippen molar-refractivity contribution < 1.29 is 4.42 Å². The van der Waals surface area contributed by atoms with Gasteiger partial charge in [0.05, 0.1) is 27.0 Å². The first-order valence-electron chi connectivity index (χ1n) is 14.2. The fourth-order valence-electron chi connectivity index (χ4n) is 6.94. The monoisotopic (exact) mass is 574 g/mol. The number of benzene rings is 5. The molecule has 0 spiro atoms. The van der Waals surface area contributed by atoms with Crippen molar-refractivity contribution in [1.29, 1.82) is 0 Å². The van der Waals surface area contributed by atoms with E-state index in [2.05, 4.69) is 126 Å². The molecule has 3 aromatic heterocycles. The van der Waals surface area contributed by atoms with Crippen LogP contribution in [-0.4, -0.2) is 15.0 Å². The third-order valence-electron chi connectivity index (χ3n) is 8.77. The van der Waals surface area contributed by atoms with Crippen LogP contribution in [0.4, 0.5) is 0 Å². The quantitative estimate of drug-likeness (QED) is 0.195. The summed E-state index contributed by atoms with van der Waals surface area (Å²) in [5, 5.41) is 7.59. The molecular formula is C37H22N2OS2. The van der Waals surface area contributed by atoms with Crippen LogP contribution in [0.3, 0.4) is 0 Å². The molecule has 8 aromatic rings. The molecule has 1 aliphatic heterocycles. The second kappa shape index (κ2) is 8.48. The third kappa shape index (κ3) is 3.04. The topological polar surface area (TPSA) is 30.4 Å². The zero-order chi connectivity index (χ0) is 27.4. The van der Waals surface area contributed by atoms with Crippen molar-refractivity contribution >= 4 is 87.3 Å². The molecule has 0 radical (unpaired) electrons. The molecule has 2 aliphatic rings. The summed E-state index contributed by atoms with van der Waals surface area (Å²) in [6, 6.07) is 39.1. The highest BCUT2D eigenvalue weighted by molar-refractivity contribution is 8.14. The van der Waals surface area contributed by atoms with Crippen LogP contribution in [0.2, 0.25) is 0 Å². The number of aromatic nitrogens is 1. The van der Waals surface area contributed by atoms with E-state index >= 15 is 0 Å². The second-order valence-electron chi connectivity index (χ2n) is 11.0. The van der Waals surface area contributed by atoms with E-state index in [-0.39, 0.29) is 11.3 Å². The third-order valence-corrected chi connectivity index (χ3v) is 11.2. The SMILES string of the molecule is C1=CC2SC(n3c4ccccc4c4ccc5c6ccccc6sc5c43)=NC2c2c1oc1c(-c3ccccc3)cccc21. The molecule has 5 aromatic carbocycles. The number of aliphatic imine (C=N–C) groups is 1. The molecule has 198 valence electrons. The summed E-state index contributed by atoms with van der Waals surface area (Å²) in [5.74, 6) is 0.925. The van der Waals surface area contributed by atoms with Crippen molar-refractivity contribution in [3.05, 3.63) is 127 Å². The number of hydrogen-bond donors (Lipinski definition) is 0. The number of thioether (sulfide) groups is 1. The van der Waals surface area contributed by atoms with E-state index < -0.39 is 0 Å². The van der Waals surface area contributed by atoms with Gasteiger partial charge in [0.15, 0.2) is 5.17 Å². The Morgan fingerprint density at radius 1 is 0.690 bits per heavy atom. The van der Waals surface area contributed by atoms with Gasteiger partial charge in [0.25, 0.3) is 0 Å². The number of hydrogen-bond acceptors (Lipinski definition) is 4. The lowest BCUT2D eigenvalue weighted by Gasteiger charge is -2.17. The Hall–Kier alpha value is -4.58. The van der Waals surface area contributed by atoms with Crippen molar-refractivity contribution in [2.24, 2.45) is 4.99 Å². The van der Waals surface area contributed by atoms with Crippen molar-refractivity contribution in [2.75, 3.05) is 0 Å². The Bertz CT molecular complexity index is 2460. The summed E-state index contributed by atoms with van der Waals surface area (Å²) < 4.78 is 11.6. The standard InChI is InChI=1S/C37H22N2OS2/c1-2-9-21(10-3-1)22-13-8-14-27-32-29(40-35(22)27)19-20-31-33(32)38-37(42-31)39-28-15-6-4-11-23(28)25-17-18-26-24-12-5-7-16-30(24)41-36(26)34(25)39/h1-20,31,33H. The summed E-state index contributed by atoms with van der Waals surface area (Å²) in [6.45, 7) is 0. The highest BCUT2D eigenvalue weighted by Crippen LogP contribution is 2.50. The Labute approximate surface area is 249 Å². The minimum atomic E-state index is -0.00454. The van der Waals surface area contributed by atoms with E-state index in [1.54, 1.807) is 0 Å². The molecule has 0 saturated heterocycles. The first-order chi connectivity index (χ1) is 20.8.